The predicted octanol–water partition coefficient (Wildman–Crippen LogP) is 3.16. The van der Waals surface area contributed by atoms with Gasteiger partial charge in [-0.2, -0.15) is 0 Å². The summed E-state index contributed by atoms with van der Waals surface area (Å²) in [7, 11) is 1.58. The molecule has 0 heterocycles. The molecule has 29 heavy (non-hydrogen) atoms. The van der Waals surface area contributed by atoms with Crippen molar-refractivity contribution < 1.29 is 23.5 Å². The van der Waals surface area contributed by atoms with Gasteiger partial charge in [0.1, 0.15) is 23.4 Å². The van der Waals surface area contributed by atoms with Gasteiger partial charge in [0.05, 0.1) is 7.11 Å². The molecule has 0 aromatic heterocycles. The summed E-state index contributed by atoms with van der Waals surface area (Å²) in [5.74, 6) is 0.137. The fourth-order valence-corrected chi connectivity index (χ4v) is 2.66. The van der Waals surface area contributed by atoms with Gasteiger partial charge in [-0.15, -0.1) is 0 Å². The van der Waals surface area contributed by atoms with Gasteiger partial charge in [0.15, 0.2) is 6.61 Å². The first-order chi connectivity index (χ1) is 13.9. The third-order valence-corrected chi connectivity index (χ3v) is 4.40. The smallest absolute Gasteiger partial charge is 0.261 e. The molecular weight excluding hydrogens is 375 g/mol. The van der Waals surface area contributed by atoms with Crippen molar-refractivity contribution in [2.75, 3.05) is 20.3 Å². The third kappa shape index (κ3) is 6.78. The Bertz CT molecular complexity index is 793. The minimum absolute atomic E-state index is 0.226. The number of nitrogens with one attached hydrogen (secondary N) is 1. The lowest BCUT2D eigenvalue weighted by atomic mass is 10.1. The summed E-state index contributed by atoms with van der Waals surface area (Å²) in [5, 5.41) is 2.82. The first kappa shape index (κ1) is 22.2. The van der Waals surface area contributed by atoms with E-state index in [2.05, 4.69) is 5.32 Å². The van der Waals surface area contributed by atoms with E-state index in [4.69, 9.17) is 9.47 Å². The standard InChI is InChI=1S/C22H27FN2O4/c1-4-13-24-22(27)16(2)25(14-17-5-9-19(28-3)10-6-17)21(26)15-29-20-11-7-18(23)8-12-20/h5-12,16H,4,13-15H2,1-3H3,(H,24,27)/t16-/m0/s1. The second kappa shape index (κ2) is 11.0. The number of ether oxygens (including phenoxy) is 2. The largest absolute Gasteiger partial charge is 0.497 e. The molecule has 2 aromatic carbocycles. The molecule has 0 bridgehead atoms. The summed E-state index contributed by atoms with van der Waals surface area (Å²) in [5.41, 5.74) is 0.857. The number of halogens is 1. The average molecular weight is 402 g/mol. The molecule has 1 N–H and O–H groups in total. The van der Waals surface area contributed by atoms with Crippen LogP contribution in [0.5, 0.6) is 11.5 Å². The Balaban J connectivity index is 2.11. The van der Waals surface area contributed by atoms with E-state index < -0.39 is 6.04 Å². The van der Waals surface area contributed by atoms with E-state index in [0.717, 1.165) is 12.0 Å². The fourth-order valence-electron chi connectivity index (χ4n) is 2.66. The van der Waals surface area contributed by atoms with E-state index in [0.29, 0.717) is 18.0 Å². The number of hydrogen-bond donors (Lipinski definition) is 1. The van der Waals surface area contributed by atoms with Crippen LogP contribution in [-0.2, 0) is 16.1 Å². The molecule has 0 aliphatic rings. The lowest BCUT2D eigenvalue weighted by Gasteiger charge is -2.28. The van der Waals surface area contributed by atoms with Crippen LogP contribution in [0.1, 0.15) is 25.8 Å². The molecular formula is C22H27FN2O4. The van der Waals surface area contributed by atoms with Gasteiger partial charge in [0.2, 0.25) is 5.91 Å². The fraction of sp³-hybridized carbons (Fsp3) is 0.364. The Morgan fingerprint density at radius 1 is 1.07 bits per heavy atom. The molecule has 0 fully saturated rings. The van der Waals surface area contributed by atoms with E-state index >= 15 is 0 Å². The van der Waals surface area contributed by atoms with Crippen LogP contribution in [0.15, 0.2) is 48.5 Å². The zero-order valence-corrected chi connectivity index (χ0v) is 17.0. The highest BCUT2D eigenvalue weighted by molar-refractivity contribution is 5.87. The predicted molar refractivity (Wildman–Crippen MR) is 108 cm³/mol. The van der Waals surface area contributed by atoms with Crippen molar-refractivity contribution in [1.29, 1.82) is 0 Å². The molecule has 1 atom stereocenters. The summed E-state index contributed by atoms with van der Waals surface area (Å²) in [4.78, 5) is 26.8. The zero-order chi connectivity index (χ0) is 21.2. The SMILES string of the molecule is CCCNC(=O)[C@H](C)N(Cc1ccc(OC)cc1)C(=O)COc1ccc(F)cc1. The molecule has 0 radical (unpaired) electrons. The van der Waals surface area contributed by atoms with Gasteiger partial charge < -0.3 is 19.7 Å². The van der Waals surface area contributed by atoms with E-state index in [1.54, 1.807) is 26.2 Å². The average Bonchev–Trinajstić information content (AvgIpc) is 2.75. The number of rotatable bonds is 10. The van der Waals surface area contributed by atoms with Gasteiger partial charge in [0.25, 0.3) is 5.91 Å². The van der Waals surface area contributed by atoms with Gasteiger partial charge >= 0.3 is 0 Å². The van der Waals surface area contributed by atoms with Crippen molar-refractivity contribution in [3.8, 4) is 11.5 Å². The van der Waals surface area contributed by atoms with Gasteiger partial charge in [-0.25, -0.2) is 4.39 Å². The van der Waals surface area contributed by atoms with Crippen LogP contribution in [0.2, 0.25) is 0 Å². The highest BCUT2D eigenvalue weighted by atomic mass is 19.1. The summed E-state index contributed by atoms with van der Waals surface area (Å²) in [6.07, 6.45) is 0.804. The van der Waals surface area contributed by atoms with Crippen LogP contribution >= 0.6 is 0 Å². The summed E-state index contributed by atoms with van der Waals surface area (Å²) < 4.78 is 23.7. The highest BCUT2D eigenvalue weighted by Gasteiger charge is 2.26. The maximum absolute atomic E-state index is 13.0. The molecule has 0 spiro atoms. The molecule has 2 rings (SSSR count). The lowest BCUT2D eigenvalue weighted by molar-refractivity contribution is -0.142. The van der Waals surface area contributed by atoms with Gasteiger partial charge in [-0.1, -0.05) is 19.1 Å². The molecule has 0 aliphatic heterocycles. The molecule has 2 aromatic rings. The third-order valence-electron chi connectivity index (χ3n) is 4.40. The Morgan fingerprint density at radius 3 is 2.28 bits per heavy atom. The quantitative estimate of drug-likeness (QED) is 0.663. The van der Waals surface area contributed by atoms with E-state index in [1.807, 2.05) is 19.1 Å². The Labute approximate surface area is 170 Å². The van der Waals surface area contributed by atoms with Crippen molar-refractivity contribution in [3.63, 3.8) is 0 Å². The molecule has 0 unspecified atom stereocenters. The van der Waals surface area contributed by atoms with Gasteiger partial charge in [0, 0.05) is 13.1 Å². The van der Waals surface area contributed by atoms with Crippen molar-refractivity contribution in [3.05, 3.63) is 59.9 Å². The lowest BCUT2D eigenvalue weighted by Crippen LogP contribution is -2.49. The van der Waals surface area contributed by atoms with Crippen LogP contribution in [0.25, 0.3) is 0 Å². The summed E-state index contributed by atoms with van der Waals surface area (Å²) in [6.45, 7) is 4.18. The zero-order valence-electron chi connectivity index (χ0n) is 17.0. The van der Waals surface area contributed by atoms with Gasteiger partial charge in [-0.3, -0.25) is 9.59 Å². The number of benzene rings is 2. The maximum Gasteiger partial charge on any atom is 0.261 e. The number of hydrogen-bond acceptors (Lipinski definition) is 4. The van der Waals surface area contributed by atoms with Crippen LogP contribution in [-0.4, -0.2) is 43.0 Å². The van der Waals surface area contributed by atoms with Crippen molar-refractivity contribution >= 4 is 11.8 Å². The number of amides is 2. The number of carbonyl (C=O) groups is 2. The van der Waals surface area contributed by atoms with Crippen LogP contribution in [0.4, 0.5) is 4.39 Å². The number of nitrogens with zero attached hydrogens (tertiary/aromatic N) is 1. The van der Waals surface area contributed by atoms with Gasteiger partial charge in [-0.05, 0) is 55.3 Å². The second-order valence-corrected chi connectivity index (χ2v) is 6.58. The van der Waals surface area contributed by atoms with Crippen molar-refractivity contribution in [2.45, 2.75) is 32.9 Å². The second-order valence-electron chi connectivity index (χ2n) is 6.58. The molecule has 0 saturated heterocycles. The van der Waals surface area contributed by atoms with Crippen molar-refractivity contribution in [1.82, 2.24) is 10.2 Å². The Hall–Kier alpha value is -3.09. The Kier molecular flexibility index (Phi) is 8.45. The van der Waals surface area contributed by atoms with E-state index in [1.165, 1.54) is 29.2 Å². The topological polar surface area (TPSA) is 67.9 Å². The number of carbonyl (C=O) groups excluding carboxylic acids is 2. The molecule has 0 saturated carbocycles. The van der Waals surface area contributed by atoms with Crippen LogP contribution < -0.4 is 14.8 Å². The molecule has 156 valence electrons. The van der Waals surface area contributed by atoms with Crippen LogP contribution in [0, 0.1) is 5.82 Å². The normalized spacial score (nSPS) is 11.4. The summed E-state index contributed by atoms with van der Waals surface area (Å²) >= 11 is 0. The monoisotopic (exact) mass is 402 g/mol. The Morgan fingerprint density at radius 2 is 1.69 bits per heavy atom. The maximum atomic E-state index is 13.0. The van der Waals surface area contributed by atoms with Crippen LogP contribution in [0.3, 0.4) is 0 Å². The molecule has 6 nitrogen and oxygen atoms in total. The van der Waals surface area contributed by atoms with E-state index in [-0.39, 0.29) is 30.8 Å². The summed E-state index contributed by atoms with van der Waals surface area (Å²) in [6, 6.07) is 12.0. The van der Waals surface area contributed by atoms with Crippen molar-refractivity contribution in [2.24, 2.45) is 0 Å². The minimum atomic E-state index is -0.673. The first-order valence-corrected chi connectivity index (χ1v) is 9.53. The molecule has 0 aliphatic carbocycles. The minimum Gasteiger partial charge on any atom is -0.497 e. The first-order valence-electron chi connectivity index (χ1n) is 9.53. The van der Waals surface area contributed by atoms with E-state index in [9.17, 15) is 14.0 Å². The number of methoxy groups -OCH3 is 1. The molecule has 7 heteroatoms. The molecule has 2 amide bonds. The highest BCUT2D eigenvalue weighted by Crippen LogP contribution is 2.16.